The molecule has 0 aromatic heterocycles. The lowest BCUT2D eigenvalue weighted by Gasteiger charge is -2.27. The Morgan fingerprint density at radius 1 is 0.607 bits per heavy atom. The van der Waals surface area contributed by atoms with Gasteiger partial charge < -0.3 is 57.4 Å². The van der Waals surface area contributed by atoms with Gasteiger partial charge in [-0.2, -0.15) is 0 Å². The van der Waals surface area contributed by atoms with Gasteiger partial charge in [0.15, 0.2) is 0 Å². The molecule has 19 nitrogen and oxygen atoms in total. The quantitative estimate of drug-likeness (QED) is 0.0544. The van der Waals surface area contributed by atoms with Gasteiger partial charge in [-0.15, -0.1) is 6.42 Å². The van der Waals surface area contributed by atoms with E-state index in [4.69, 9.17) is 58.5 Å². The van der Waals surface area contributed by atoms with Crippen LogP contribution in [0.3, 0.4) is 0 Å². The Balaban J connectivity index is 0.996. The maximum absolute atomic E-state index is 13.2. The highest BCUT2D eigenvalue weighted by atomic mass is 16.6. The second-order valence-electron chi connectivity index (χ2n) is 13.4. The fourth-order valence-electron chi connectivity index (χ4n) is 5.83. The van der Waals surface area contributed by atoms with E-state index in [2.05, 4.69) is 16.6 Å². The normalized spacial score (nSPS) is 15.0. The number of hydrogen-bond acceptors (Lipinski definition) is 16. The van der Waals surface area contributed by atoms with Crippen molar-refractivity contribution in [3.63, 3.8) is 0 Å². The molecule has 2 heterocycles. The predicted molar refractivity (Wildman–Crippen MR) is 218 cm³/mol. The number of carbonyl (C=O) groups is 5. The van der Waals surface area contributed by atoms with Crippen LogP contribution in [0, 0.1) is 12.3 Å². The number of piperidine rings is 1. The van der Waals surface area contributed by atoms with Crippen molar-refractivity contribution in [1.29, 1.82) is 0 Å². The van der Waals surface area contributed by atoms with Crippen molar-refractivity contribution in [1.82, 2.24) is 10.2 Å². The van der Waals surface area contributed by atoms with E-state index < -0.39 is 29.7 Å². The van der Waals surface area contributed by atoms with E-state index in [-0.39, 0.29) is 42.0 Å². The molecule has 1 atom stereocenters. The SMILES string of the molecule is C#CCOCCOCCOCCOCCOCCOCCOCCOCCOCCOCCOCCCCCC(=O)Nc1cccc2c1C(=O)N(C1CCC(=O)NC1=O)C2=O. The molecular formula is C42H63N3O16. The molecule has 2 N–H and O–H groups in total. The lowest BCUT2D eigenvalue weighted by Crippen LogP contribution is -2.54. The summed E-state index contributed by atoms with van der Waals surface area (Å²) in [6.45, 7) is 10.3. The Bertz CT molecular complexity index is 1470. The lowest BCUT2D eigenvalue weighted by atomic mass is 10.0. The van der Waals surface area contributed by atoms with Crippen LogP contribution in [0.4, 0.5) is 5.69 Å². The van der Waals surface area contributed by atoms with Crippen LogP contribution >= 0.6 is 0 Å². The van der Waals surface area contributed by atoms with Crippen molar-refractivity contribution in [2.75, 3.05) is 151 Å². The fourth-order valence-corrected chi connectivity index (χ4v) is 5.83. The molecule has 61 heavy (non-hydrogen) atoms. The van der Waals surface area contributed by atoms with Gasteiger partial charge in [-0.1, -0.05) is 18.4 Å². The minimum atomic E-state index is -1.08. The summed E-state index contributed by atoms with van der Waals surface area (Å²) >= 11 is 0. The summed E-state index contributed by atoms with van der Waals surface area (Å²) in [7, 11) is 0. The van der Waals surface area contributed by atoms with E-state index in [1.165, 1.54) is 6.07 Å². The van der Waals surface area contributed by atoms with Gasteiger partial charge >= 0.3 is 0 Å². The second kappa shape index (κ2) is 33.7. The molecule has 1 unspecified atom stereocenters. The molecule has 0 radical (unpaired) electrons. The molecule has 342 valence electrons. The number of ether oxygens (including phenoxy) is 11. The highest BCUT2D eigenvalue weighted by Gasteiger charge is 2.45. The average molecular weight is 866 g/mol. The van der Waals surface area contributed by atoms with E-state index >= 15 is 0 Å². The number of rotatable bonds is 39. The molecule has 1 fully saturated rings. The largest absolute Gasteiger partial charge is 0.379 e. The van der Waals surface area contributed by atoms with Crippen molar-refractivity contribution in [2.45, 2.75) is 44.6 Å². The lowest BCUT2D eigenvalue weighted by molar-refractivity contribution is -0.136. The van der Waals surface area contributed by atoms with Gasteiger partial charge in [0, 0.05) is 19.4 Å². The second-order valence-corrected chi connectivity index (χ2v) is 13.4. The number of fused-ring (bicyclic) bond motifs is 1. The molecule has 5 amide bonds. The zero-order valence-corrected chi connectivity index (χ0v) is 35.2. The van der Waals surface area contributed by atoms with Gasteiger partial charge in [-0.3, -0.25) is 34.2 Å². The zero-order chi connectivity index (χ0) is 43.6. The zero-order valence-electron chi connectivity index (χ0n) is 35.2. The number of nitrogens with one attached hydrogen (secondary N) is 2. The molecule has 0 bridgehead atoms. The van der Waals surface area contributed by atoms with Crippen molar-refractivity contribution >= 4 is 35.2 Å². The van der Waals surface area contributed by atoms with Crippen LogP contribution in [0.15, 0.2) is 18.2 Å². The highest BCUT2D eigenvalue weighted by molar-refractivity contribution is 6.26. The highest BCUT2D eigenvalue weighted by Crippen LogP contribution is 2.32. The molecule has 0 spiro atoms. The van der Waals surface area contributed by atoms with Crippen LogP contribution in [0.2, 0.25) is 0 Å². The van der Waals surface area contributed by atoms with Crippen LogP contribution in [-0.2, 0) is 66.5 Å². The summed E-state index contributed by atoms with van der Waals surface area (Å²) in [6.07, 6.45) is 7.52. The van der Waals surface area contributed by atoms with Crippen LogP contribution < -0.4 is 10.6 Å². The summed E-state index contributed by atoms with van der Waals surface area (Å²) in [5, 5.41) is 4.90. The van der Waals surface area contributed by atoms with Crippen LogP contribution in [0.5, 0.6) is 0 Å². The van der Waals surface area contributed by atoms with Gasteiger partial charge in [0.05, 0.1) is 149 Å². The minimum Gasteiger partial charge on any atom is -0.379 e. The standard InChI is InChI=1S/C42H63N3O16/c1-2-12-51-14-16-53-18-20-55-22-24-57-26-28-59-30-32-61-33-31-60-29-27-58-25-23-56-21-19-54-17-15-52-13-5-3-4-9-37(46)43-35-8-6-7-34-39(35)42(50)45(41(34)49)36-10-11-38(47)44-40(36)48/h1,6-8,36H,3-5,9-33H2,(H,43,46)(H,44,47,48). The van der Waals surface area contributed by atoms with Gasteiger partial charge in [0.1, 0.15) is 12.6 Å². The number of nitrogens with zero attached hydrogens (tertiary/aromatic N) is 1. The molecule has 0 aliphatic carbocycles. The van der Waals surface area contributed by atoms with Crippen LogP contribution in [-0.4, -0.2) is 186 Å². The first-order valence-corrected chi connectivity index (χ1v) is 20.9. The number of anilines is 1. The Kier molecular flexibility index (Phi) is 28.4. The number of benzene rings is 1. The smallest absolute Gasteiger partial charge is 0.264 e. The number of carbonyl (C=O) groups excluding carboxylic acids is 5. The Labute approximate surface area is 357 Å². The molecule has 1 aromatic carbocycles. The number of unbranched alkanes of at least 4 members (excludes halogenated alkanes) is 2. The third-order valence-electron chi connectivity index (χ3n) is 8.84. The molecular weight excluding hydrogens is 802 g/mol. The summed E-state index contributed by atoms with van der Waals surface area (Å²) in [6, 6.07) is 3.52. The van der Waals surface area contributed by atoms with E-state index in [9.17, 15) is 24.0 Å². The first kappa shape index (κ1) is 51.4. The van der Waals surface area contributed by atoms with E-state index in [0.29, 0.717) is 152 Å². The predicted octanol–water partition coefficient (Wildman–Crippen LogP) is 1.40. The first-order chi connectivity index (χ1) is 29.9. The van der Waals surface area contributed by atoms with Crippen LogP contribution in [0.1, 0.15) is 59.2 Å². The Hall–Kier alpha value is -3.91. The molecule has 3 rings (SSSR count). The van der Waals surface area contributed by atoms with Crippen LogP contribution in [0.25, 0.3) is 0 Å². The number of terminal acetylenes is 1. The third kappa shape index (κ3) is 22.1. The van der Waals surface area contributed by atoms with Crippen molar-refractivity contribution in [3.05, 3.63) is 29.3 Å². The van der Waals surface area contributed by atoms with E-state index in [1.807, 2.05) is 0 Å². The van der Waals surface area contributed by atoms with E-state index in [0.717, 1.165) is 17.7 Å². The summed E-state index contributed by atoms with van der Waals surface area (Å²) in [5.74, 6) is -0.332. The third-order valence-corrected chi connectivity index (χ3v) is 8.84. The fraction of sp³-hybridized carbons (Fsp3) is 0.690. The average Bonchev–Trinajstić information content (AvgIpc) is 3.50. The Morgan fingerprint density at radius 3 is 1.49 bits per heavy atom. The van der Waals surface area contributed by atoms with Crippen molar-refractivity contribution < 1.29 is 76.1 Å². The van der Waals surface area contributed by atoms with Gasteiger partial charge in [0.25, 0.3) is 11.8 Å². The maximum atomic E-state index is 13.2. The number of imide groups is 2. The van der Waals surface area contributed by atoms with Crippen molar-refractivity contribution in [2.24, 2.45) is 0 Å². The molecule has 2 aliphatic rings. The maximum Gasteiger partial charge on any atom is 0.264 e. The minimum absolute atomic E-state index is 0.0265. The van der Waals surface area contributed by atoms with Crippen molar-refractivity contribution in [3.8, 4) is 12.3 Å². The monoisotopic (exact) mass is 865 g/mol. The topological polar surface area (TPSA) is 214 Å². The molecule has 2 aliphatic heterocycles. The molecule has 19 heteroatoms. The summed E-state index contributed by atoms with van der Waals surface area (Å²) in [4.78, 5) is 63.6. The number of amides is 5. The summed E-state index contributed by atoms with van der Waals surface area (Å²) < 4.78 is 59.9. The van der Waals surface area contributed by atoms with Gasteiger partial charge in [0.2, 0.25) is 17.7 Å². The van der Waals surface area contributed by atoms with Gasteiger partial charge in [-0.05, 0) is 31.4 Å². The molecule has 1 saturated heterocycles. The molecule has 1 aromatic rings. The first-order valence-electron chi connectivity index (χ1n) is 20.9. The molecule has 0 saturated carbocycles. The van der Waals surface area contributed by atoms with E-state index in [1.54, 1.807) is 12.1 Å². The number of hydrogen-bond donors (Lipinski definition) is 2. The summed E-state index contributed by atoms with van der Waals surface area (Å²) in [5.41, 5.74) is 0.376. The van der Waals surface area contributed by atoms with Gasteiger partial charge in [-0.25, -0.2) is 0 Å². The Morgan fingerprint density at radius 2 is 1.05 bits per heavy atom.